The molecule has 3 amide bonds. The summed E-state index contributed by atoms with van der Waals surface area (Å²) >= 11 is 1.23. The highest BCUT2D eigenvalue weighted by Gasteiger charge is 2.43. The zero-order valence-electron chi connectivity index (χ0n) is 18.2. The Morgan fingerprint density at radius 2 is 2.09 bits per heavy atom. The van der Waals surface area contributed by atoms with Gasteiger partial charge in [-0.2, -0.15) is 0 Å². The maximum atomic E-state index is 14.0. The maximum absolute atomic E-state index is 14.0. The molecule has 172 valence electrons. The Morgan fingerprint density at radius 3 is 2.78 bits per heavy atom. The lowest BCUT2D eigenvalue weighted by atomic mass is 9.84. The van der Waals surface area contributed by atoms with Gasteiger partial charge < -0.3 is 10.1 Å². The van der Waals surface area contributed by atoms with E-state index in [9.17, 15) is 14.0 Å². The molecule has 8 nitrogen and oxygen atoms in total. The first-order valence-electron chi connectivity index (χ1n) is 10.9. The third kappa shape index (κ3) is 4.90. The van der Waals surface area contributed by atoms with Crippen molar-refractivity contribution in [3.8, 4) is 5.75 Å². The van der Waals surface area contributed by atoms with Gasteiger partial charge in [0.25, 0.3) is 0 Å². The number of benzene rings is 1. The number of hydrogen-bond donors (Lipinski definition) is 2. The van der Waals surface area contributed by atoms with E-state index in [1.807, 2.05) is 4.57 Å². The first kappa shape index (κ1) is 22.6. The van der Waals surface area contributed by atoms with Gasteiger partial charge in [0.05, 0.1) is 5.75 Å². The summed E-state index contributed by atoms with van der Waals surface area (Å²) in [5, 5.41) is 13.8. The van der Waals surface area contributed by atoms with E-state index in [0.29, 0.717) is 22.8 Å². The van der Waals surface area contributed by atoms with E-state index >= 15 is 0 Å². The van der Waals surface area contributed by atoms with E-state index in [1.54, 1.807) is 18.2 Å². The van der Waals surface area contributed by atoms with Crippen molar-refractivity contribution in [2.75, 3.05) is 12.8 Å². The molecule has 1 aromatic heterocycles. The summed E-state index contributed by atoms with van der Waals surface area (Å²) in [6.45, 7) is 2.24. The summed E-state index contributed by atoms with van der Waals surface area (Å²) in [4.78, 5) is 23.4. The predicted octanol–water partition coefficient (Wildman–Crippen LogP) is 3.54. The number of nitrogens with one attached hydrogen (secondary N) is 2. The number of carbonyl (C=O) groups excluding carboxylic acids is 2. The molecule has 1 heterocycles. The minimum absolute atomic E-state index is 0.0309. The fourth-order valence-electron chi connectivity index (χ4n) is 5.05. The van der Waals surface area contributed by atoms with Gasteiger partial charge >= 0.3 is 6.03 Å². The van der Waals surface area contributed by atoms with Crippen molar-refractivity contribution in [1.82, 2.24) is 25.4 Å². The Hall–Kier alpha value is -2.62. The number of nitrogens with zero attached hydrogens (tertiary/aromatic N) is 3. The minimum Gasteiger partial charge on any atom is -0.483 e. The molecule has 4 rings (SSSR count). The van der Waals surface area contributed by atoms with E-state index in [0.717, 1.165) is 5.92 Å². The Labute approximate surface area is 190 Å². The zero-order valence-corrected chi connectivity index (χ0v) is 19.0. The van der Waals surface area contributed by atoms with Gasteiger partial charge in [-0.3, -0.25) is 14.7 Å². The van der Waals surface area contributed by atoms with Crippen LogP contribution in [0, 0.1) is 23.6 Å². The van der Waals surface area contributed by atoms with Crippen LogP contribution in [-0.4, -0.2) is 39.5 Å². The third-order valence-corrected chi connectivity index (χ3v) is 7.50. The van der Waals surface area contributed by atoms with Crippen LogP contribution in [0.4, 0.5) is 9.18 Å². The van der Waals surface area contributed by atoms with Crippen molar-refractivity contribution in [2.24, 2.45) is 17.8 Å². The van der Waals surface area contributed by atoms with E-state index in [-0.39, 0.29) is 24.2 Å². The molecule has 0 unspecified atom stereocenters. The molecular formula is C22H28FN5O3S. The van der Waals surface area contributed by atoms with Crippen molar-refractivity contribution in [3.05, 3.63) is 35.9 Å². The number of ether oxygens (including phenoxy) is 1. The first-order chi connectivity index (χ1) is 15.5. The average molecular weight is 462 g/mol. The molecule has 1 aromatic carbocycles. The number of amides is 3. The summed E-state index contributed by atoms with van der Waals surface area (Å²) in [5.74, 6) is 1.93. The van der Waals surface area contributed by atoms with Crippen LogP contribution in [0.25, 0.3) is 0 Å². The molecule has 32 heavy (non-hydrogen) atoms. The summed E-state index contributed by atoms with van der Waals surface area (Å²) in [5.41, 5.74) is 0. The second-order valence-electron chi connectivity index (χ2n) is 8.48. The number of thioether (sulfide) groups is 1. The van der Waals surface area contributed by atoms with Gasteiger partial charge in [0.1, 0.15) is 6.61 Å². The van der Waals surface area contributed by atoms with Gasteiger partial charge in [-0.05, 0) is 56.1 Å². The second-order valence-corrected chi connectivity index (χ2v) is 9.43. The maximum Gasteiger partial charge on any atom is 0.321 e. The van der Waals surface area contributed by atoms with Gasteiger partial charge in [-0.25, -0.2) is 9.18 Å². The number of urea groups is 1. The van der Waals surface area contributed by atoms with Crippen LogP contribution < -0.4 is 15.4 Å². The van der Waals surface area contributed by atoms with Crippen LogP contribution in [0.15, 0.2) is 29.4 Å². The molecule has 2 aliphatic rings. The number of imide groups is 1. The zero-order chi connectivity index (χ0) is 22.7. The van der Waals surface area contributed by atoms with E-state index in [4.69, 9.17) is 4.74 Å². The normalized spacial score (nSPS) is 22.5. The lowest BCUT2D eigenvalue weighted by molar-refractivity contribution is -0.117. The monoisotopic (exact) mass is 461 g/mol. The summed E-state index contributed by atoms with van der Waals surface area (Å²) in [6.07, 6.45) is 5.01. The van der Waals surface area contributed by atoms with E-state index < -0.39 is 17.8 Å². The SMILES string of the molecule is CNC(=O)NC(=O)CSc1nnc(COc2ccccc2F)n1[C@H](C)[C@H]1C[C@@H]2CC[C@@H]1C2. The fraction of sp³-hybridized carbons (Fsp3) is 0.545. The van der Waals surface area contributed by atoms with Crippen LogP contribution in [0.3, 0.4) is 0 Å². The lowest BCUT2D eigenvalue weighted by Gasteiger charge is -2.30. The van der Waals surface area contributed by atoms with E-state index in [1.165, 1.54) is 50.6 Å². The molecule has 2 N–H and O–H groups in total. The Balaban J connectivity index is 1.52. The highest BCUT2D eigenvalue weighted by atomic mass is 32.2. The van der Waals surface area contributed by atoms with Crippen LogP contribution in [-0.2, 0) is 11.4 Å². The second kappa shape index (κ2) is 9.89. The molecule has 0 radical (unpaired) electrons. The topological polar surface area (TPSA) is 98.1 Å². The summed E-state index contributed by atoms with van der Waals surface area (Å²) < 4.78 is 21.7. The summed E-state index contributed by atoms with van der Waals surface area (Å²) in [7, 11) is 1.45. The van der Waals surface area contributed by atoms with Crippen LogP contribution in [0.5, 0.6) is 5.75 Å². The van der Waals surface area contributed by atoms with Gasteiger partial charge in [0.15, 0.2) is 22.5 Å². The third-order valence-electron chi connectivity index (χ3n) is 6.56. The van der Waals surface area contributed by atoms with Crippen LogP contribution in [0.2, 0.25) is 0 Å². The predicted molar refractivity (Wildman–Crippen MR) is 118 cm³/mol. The number of carbonyl (C=O) groups is 2. The van der Waals surface area contributed by atoms with Gasteiger partial charge in [-0.1, -0.05) is 30.3 Å². The first-order valence-corrected chi connectivity index (χ1v) is 11.9. The fourth-order valence-corrected chi connectivity index (χ4v) is 5.89. The van der Waals surface area contributed by atoms with Crippen molar-refractivity contribution in [2.45, 2.75) is 50.4 Å². The molecule has 0 spiro atoms. The smallest absolute Gasteiger partial charge is 0.321 e. The highest BCUT2D eigenvalue weighted by molar-refractivity contribution is 7.99. The molecular weight excluding hydrogens is 433 g/mol. The van der Waals surface area contributed by atoms with Gasteiger partial charge in [-0.15, -0.1) is 10.2 Å². The molecule has 2 fully saturated rings. The van der Waals surface area contributed by atoms with Gasteiger partial charge in [0, 0.05) is 13.1 Å². The molecule has 10 heteroatoms. The van der Waals surface area contributed by atoms with Crippen LogP contribution in [0.1, 0.15) is 44.5 Å². The standard InChI is InChI=1S/C22H28FN5O3S/c1-13(16-10-14-7-8-15(16)9-14)28-19(11-31-18-6-4-3-5-17(18)23)26-27-22(28)32-12-20(29)25-21(30)24-2/h3-6,13-16H,7-12H2,1-2H3,(H2,24,25,29,30)/t13-,14-,15-,16-/m1/s1. The number of para-hydroxylation sites is 1. The minimum atomic E-state index is -0.550. The number of aromatic nitrogens is 3. The molecule has 2 saturated carbocycles. The molecule has 0 aliphatic heterocycles. The van der Waals surface area contributed by atoms with Crippen molar-refractivity contribution in [3.63, 3.8) is 0 Å². The molecule has 2 aliphatic carbocycles. The van der Waals surface area contributed by atoms with Crippen molar-refractivity contribution >= 4 is 23.7 Å². The van der Waals surface area contributed by atoms with Crippen molar-refractivity contribution < 1.29 is 18.7 Å². The van der Waals surface area contributed by atoms with E-state index in [2.05, 4.69) is 27.8 Å². The molecule has 4 atom stereocenters. The highest BCUT2D eigenvalue weighted by Crippen LogP contribution is 2.52. The number of fused-ring (bicyclic) bond motifs is 2. The Kier molecular flexibility index (Phi) is 6.98. The number of rotatable bonds is 8. The van der Waals surface area contributed by atoms with Crippen molar-refractivity contribution in [1.29, 1.82) is 0 Å². The molecule has 2 bridgehead atoms. The average Bonchev–Trinajstić information content (AvgIpc) is 3.52. The van der Waals surface area contributed by atoms with Gasteiger partial charge in [0.2, 0.25) is 5.91 Å². The Bertz CT molecular complexity index is 984. The quantitative estimate of drug-likeness (QED) is 0.584. The molecule has 2 aromatic rings. The Morgan fingerprint density at radius 1 is 1.28 bits per heavy atom. The summed E-state index contributed by atoms with van der Waals surface area (Å²) in [6, 6.07) is 5.84. The van der Waals surface area contributed by atoms with Crippen LogP contribution >= 0.6 is 11.8 Å². The molecule has 0 saturated heterocycles. The largest absolute Gasteiger partial charge is 0.483 e. The number of halogens is 1. The lowest BCUT2D eigenvalue weighted by Crippen LogP contribution is -2.38. The number of hydrogen-bond acceptors (Lipinski definition) is 6.